The van der Waals surface area contributed by atoms with Crippen LogP contribution >= 0.6 is 0 Å². The van der Waals surface area contributed by atoms with Crippen molar-refractivity contribution in [3.8, 4) is 5.75 Å². The van der Waals surface area contributed by atoms with E-state index in [1.807, 2.05) is 17.0 Å². The summed E-state index contributed by atoms with van der Waals surface area (Å²) in [6.07, 6.45) is 5.77. The summed E-state index contributed by atoms with van der Waals surface area (Å²) < 4.78 is 25.2. The topological polar surface area (TPSA) is 47.5 Å². The maximum absolute atomic E-state index is 14.0. The number of pyridine rings is 2. The van der Waals surface area contributed by atoms with Crippen molar-refractivity contribution < 1.29 is 13.9 Å². The van der Waals surface area contributed by atoms with Crippen molar-refractivity contribution in [1.29, 1.82) is 0 Å². The van der Waals surface area contributed by atoms with Crippen molar-refractivity contribution in [2.75, 3.05) is 25.2 Å². The van der Waals surface area contributed by atoms with Crippen LogP contribution in [0.25, 0.3) is 0 Å². The first-order valence-corrected chi connectivity index (χ1v) is 7.20. The van der Waals surface area contributed by atoms with Gasteiger partial charge in [-0.2, -0.15) is 0 Å². The SMILES string of the molecule is CO[C@@H]1C[C@@H](COc2cccnc2)N(c2ncccc2F)C1. The molecule has 0 amide bonds. The molecular weight excluding hydrogens is 285 g/mol. The normalized spacial score (nSPS) is 21.1. The van der Waals surface area contributed by atoms with Crippen molar-refractivity contribution in [3.05, 3.63) is 48.7 Å². The molecule has 0 N–H and O–H groups in total. The van der Waals surface area contributed by atoms with Gasteiger partial charge in [0.25, 0.3) is 0 Å². The fourth-order valence-electron chi connectivity index (χ4n) is 2.68. The van der Waals surface area contributed by atoms with Crippen LogP contribution in [0.3, 0.4) is 0 Å². The van der Waals surface area contributed by atoms with E-state index < -0.39 is 0 Å². The summed E-state index contributed by atoms with van der Waals surface area (Å²) in [4.78, 5) is 10.1. The van der Waals surface area contributed by atoms with Gasteiger partial charge >= 0.3 is 0 Å². The molecule has 2 aromatic heterocycles. The number of anilines is 1. The Bertz CT molecular complexity index is 611. The summed E-state index contributed by atoms with van der Waals surface area (Å²) in [7, 11) is 1.67. The van der Waals surface area contributed by atoms with Crippen LogP contribution in [0.4, 0.5) is 10.2 Å². The van der Waals surface area contributed by atoms with Gasteiger partial charge in [0.2, 0.25) is 0 Å². The summed E-state index contributed by atoms with van der Waals surface area (Å²) in [5.41, 5.74) is 0. The molecule has 0 spiro atoms. The minimum absolute atomic E-state index is 0.00885. The zero-order chi connectivity index (χ0) is 15.4. The van der Waals surface area contributed by atoms with Crippen molar-refractivity contribution in [1.82, 2.24) is 9.97 Å². The first kappa shape index (κ1) is 14.7. The molecule has 1 aliphatic heterocycles. The van der Waals surface area contributed by atoms with Crippen LogP contribution in [-0.4, -0.2) is 42.4 Å². The van der Waals surface area contributed by atoms with E-state index in [1.54, 1.807) is 31.8 Å². The van der Waals surface area contributed by atoms with Crippen molar-refractivity contribution in [2.24, 2.45) is 0 Å². The highest BCUT2D eigenvalue weighted by Crippen LogP contribution is 2.27. The smallest absolute Gasteiger partial charge is 0.165 e. The highest BCUT2D eigenvalue weighted by Gasteiger charge is 2.34. The largest absolute Gasteiger partial charge is 0.490 e. The van der Waals surface area contributed by atoms with E-state index in [9.17, 15) is 4.39 Å². The molecule has 0 radical (unpaired) electrons. The quantitative estimate of drug-likeness (QED) is 0.848. The monoisotopic (exact) mass is 303 g/mol. The lowest BCUT2D eigenvalue weighted by Gasteiger charge is -2.25. The lowest BCUT2D eigenvalue weighted by Crippen LogP contribution is -2.35. The molecule has 22 heavy (non-hydrogen) atoms. The summed E-state index contributed by atoms with van der Waals surface area (Å²) in [6.45, 7) is 1.03. The molecule has 2 atom stereocenters. The average Bonchev–Trinajstić information content (AvgIpc) is 2.97. The molecule has 0 bridgehead atoms. The van der Waals surface area contributed by atoms with Gasteiger partial charge in [-0.05, 0) is 30.7 Å². The molecule has 2 aromatic rings. The fraction of sp³-hybridized carbons (Fsp3) is 0.375. The summed E-state index contributed by atoms with van der Waals surface area (Å²) in [5.74, 6) is 0.720. The molecule has 3 rings (SSSR count). The highest BCUT2D eigenvalue weighted by atomic mass is 19.1. The molecule has 0 aliphatic carbocycles. The second-order valence-corrected chi connectivity index (χ2v) is 5.21. The van der Waals surface area contributed by atoms with Crippen LogP contribution in [0.15, 0.2) is 42.9 Å². The Balaban J connectivity index is 1.74. The van der Waals surface area contributed by atoms with Gasteiger partial charge in [0.1, 0.15) is 12.4 Å². The highest BCUT2D eigenvalue weighted by molar-refractivity contribution is 5.43. The predicted octanol–water partition coefficient (Wildman–Crippen LogP) is 2.29. The number of nitrogens with zero attached hydrogens (tertiary/aromatic N) is 3. The van der Waals surface area contributed by atoms with Gasteiger partial charge < -0.3 is 14.4 Å². The van der Waals surface area contributed by atoms with Gasteiger partial charge in [-0.1, -0.05) is 0 Å². The molecule has 0 aromatic carbocycles. The summed E-state index contributed by atoms with van der Waals surface area (Å²) in [6, 6.07) is 6.68. The molecule has 116 valence electrons. The molecule has 1 fully saturated rings. The number of hydrogen-bond donors (Lipinski definition) is 0. The van der Waals surface area contributed by atoms with E-state index in [-0.39, 0.29) is 18.0 Å². The van der Waals surface area contributed by atoms with Crippen molar-refractivity contribution >= 4 is 5.82 Å². The van der Waals surface area contributed by atoms with Gasteiger partial charge in [-0.15, -0.1) is 0 Å². The number of rotatable bonds is 5. The van der Waals surface area contributed by atoms with E-state index in [1.165, 1.54) is 6.07 Å². The second-order valence-electron chi connectivity index (χ2n) is 5.21. The Morgan fingerprint density at radius 1 is 1.32 bits per heavy atom. The van der Waals surface area contributed by atoms with E-state index in [0.717, 1.165) is 6.42 Å². The first-order valence-electron chi connectivity index (χ1n) is 7.20. The number of hydrogen-bond acceptors (Lipinski definition) is 5. The molecule has 0 unspecified atom stereocenters. The Kier molecular flexibility index (Phi) is 4.48. The van der Waals surface area contributed by atoms with Crippen LogP contribution in [0, 0.1) is 5.82 Å². The summed E-state index contributed by atoms with van der Waals surface area (Å²) in [5, 5.41) is 0. The molecular formula is C16H18FN3O2. The number of ether oxygens (including phenoxy) is 2. The van der Waals surface area contributed by atoms with Crippen LogP contribution in [0.1, 0.15) is 6.42 Å². The third-order valence-corrected chi connectivity index (χ3v) is 3.80. The van der Waals surface area contributed by atoms with Gasteiger partial charge in [-0.25, -0.2) is 9.37 Å². The van der Waals surface area contributed by atoms with Crippen LogP contribution in [0.5, 0.6) is 5.75 Å². The molecule has 1 aliphatic rings. The van der Waals surface area contributed by atoms with Gasteiger partial charge in [-0.3, -0.25) is 4.98 Å². The van der Waals surface area contributed by atoms with Crippen molar-refractivity contribution in [2.45, 2.75) is 18.6 Å². The number of methoxy groups -OCH3 is 1. The van der Waals surface area contributed by atoms with Crippen LogP contribution in [0.2, 0.25) is 0 Å². The van der Waals surface area contributed by atoms with Crippen LogP contribution < -0.4 is 9.64 Å². The average molecular weight is 303 g/mol. The number of aromatic nitrogens is 2. The third kappa shape index (κ3) is 3.17. The fourth-order valence-corrected chi connectivity index (χ4v) is 2.68. The zero-order valence-electron chi connectivity index (χ0n) is 12.4. The van der Waals surface area contributed by atoms with E-state index >= 15 is 0 Å². The standard InChI is InChI=1S/C16H18FN3O2/c1-21-14-8-12(11-22-13-4-2-6-18-9-13)20(10-14)16-15(17)5-3-7-19-16/h2-7,9,12,14H,8,10-11H2,1H3/t12-,14+/m0/s1. The Labute approximate surface area is 128 Å². The van der Waals surface area contributed by atoms with E-state index in [2.05, 4.69) is 9.97 Å². The molecule has 0 saturated carbocycles. The van der Waals surface area contributed by atoms with Gasteiger partial charge in [0.15, 0.2) is 11.6 Å². The molecule has 5 nitrogen and oxygen atoms in total. The summed E-state index contributed by atoms with van der Waals surface area (Å²) >= 11 is 0. The second kappa shape index (κ2) is 6.70. The molecule has 3 heterocycles. The van der Waals surface area contributed by atoms with Crippen molar-refractivity contribution in [3.63, 3.8) is 0 Å². The predicted molar refractivity (Wildman–Crippen MR) is 80.5 cm³/mol. The van der Waals surface area contributed by atoms with Crippen LogP contribution in [-0.2, 0) is 4.74 Å². The number of halogens is 1. The van der Waals surface area contributed by atoms with E-state index in [4.69, 9.17) is 9.47 Å². The zero-order valence-corrected chi connectivity index (χ0v) is 12.4. The molecule has 1 saturated heterocycles. The Morgan fingerprint density at radius 3 is 2.91 bits per heavy atom. The minimum Gasteiger partial charge on any atom is -0.490 e. The maximum Gasteiger partial charge on any atom is 0.165 e. The van der Waals surface area contributed by atoms with E-state index in [0.29, 0.717) is 24.7 Å². The maximum atomic E-state index is 14.0. The first-order chi connectivity index (χ1) is 10.8. The van der Waals surface area contributed by atoms with Gasteiger partial charge in [0, 0.05) is 26.0 Å². The lowest BCUT2D eigenvalue weighted by atomic mass is 10.2. The van der Waals surface area contributed by atoms with Gasteiger partial charge in [0.05, 0.1) is 18.3 Å². The third-order valence-electron chi connectivity index (χ3n) is 3.80. The Hall–Kier alpha value is -2.21. The Morgan fingerprint density at radius 2 is 2.18 bits per heavy atom. The minimum atomic E-state index is -0.328. The lowest BCUT2D eigenvalue weighted by molar-refractivity contribution is 0.115. The molecule has 6 heteroatoms.